The molecule has 3 heterocycles. The number of carboxylic acids is 1. The molecule has 1 aliphatic heterocycles. The molecule has 3 aliphatic rings. The maximum Gasteiger partial charge on any atom is 0.352 e. The Balaban J connectivity index is 0.966. The van der Waals surface area contributed by atoms with Crippen LogP contribution in [0.3, 0.4) is 0 Å². The van der Waals surface area contributed by atoms with Crippen molar-refractivity contribution in [1.82, 2.24) is 34.4 Å². The highest BCUT2D eigenvalue weighted by Gasteiger charge is 2.39. The van der Waals surface area contributed by atoms with Crippen molar-refractivity contribution >= 4 is 53.1 Å². The minimum atomic E-state index is -1.01. The Morgan fingerprint density at radius 3 is 2.40 bits per heavy atom. The lowest BCUT2D eigenvalue weighted by molar-refractivity contribution is -0.135. The van der Waals surface area contributed by atoms with Crippen LogP contribution in [0.1, 0.15) is 107 Å². The van der Waals surface area contributed by atoms with Crippen molar-refractivity contribution in [2.24, 2.45) is 7.05 Å². The molecule has 2 aliphatic carbocycles. The fraction of sp³-hybridized carbons (Fsp3) is 0.462. The summed E-state index contributed by atoms with van der Waals surface area (Å²) in [4.78, 5) is 68.4. The van der Waals surface area contributed by atoms with Gasteiger partial charge in [-0.25, -0.2) is 4.79 Å². The maximum atomic E-state index is 13.6. The van der Waals surface area contributed by atoms with Crippen molar-refractivity contribution in [1.29, 1.82) is 0 Å². The van der Waals surface area contributed by atoms with Gasteiger partial charge in [-0.05, 0) is 106 Å². The number of nitrogens with zero attached hydrogens (tertiary/aromatic N) is 6. The third-order valence-corrected chi connectivity index (χ3v) is 14.8. The molecule has 2 bridgehead atoms. The van der Waals surface area contributed by atoms with Gasteiger partial charge in [0.2, 0.25) is 18.7 Å². The molecule has 2 aromatic heterocycles. The normalized spacial score (nSPS) is 17.0. The topological polar surface area (TPSA) is 169 Å². The number of hydrogen-bond acceptors (Lipinski definition) is 9. The van der Waals surface area contributed by atoms with Gasteiger partial charge < -0.3 is 28.9 Å². The molecule has 16 heteroatoms. The molecule has 15 nitrogen and oxygen atoms in total. The minimum absolute atomic E-state index is 0.0526. The molecule has 4 amide bonds. The van der Waals surface area contributed by atoms with Crippen molar-refractivity contribution in [2.45, 2.75) is 104 Å². The minimum Gasteiger partial charge on any atom is -0.493 e. The van der Waals surface area contributed by atoms with E-state index in [0.717, 1.165) is 50.3 Å². The predicted molar refractivity (Wildman–Crippen MR) is 259 cm³/mol. The fourth-order valence-corrected chi connectivity index (χ4v) is 11.3. The van der Waals surface area contributed by atoms with Gasteiger partial charge in [-0.2, -0.15) is 5.10 Å². The summed E-state index contributed by atoms with van der Waals surface area (Å²) in [6.45, 7) is 10.9. The summed E-state index contributed by atoms with van der Waals surface area (Å²) < 4.78 is 16.3. The summed E-state index contributed by atoms with van der Waals surface area (Å²) in [5.74, 6) is 0.820. The number of aromatic nitrogens is 3. The van der Waals surface area contributed by atoms with E-state index in [0.29, 0.717) is 113 Å². The van der Waals surface area contributed by atoms with Crippen LogP contribution >= 0.6 is 11.6 Å². The third kappa shape index (κ3) is 9.60. The number of piperazine rings is 1. The molecule has 1 saturated carbocycles. The standard InChI is InChI=1S/C52H62ClN7O8/c1-6-10-42(51(64)54-30-61)59(31-62)28-40-32(2)11-7-14-43(40)68-29-45(63)58-23-20-57(21-24-58)22-25-60-49-39(18-19-41(53)48(49)46-33(3)55-56(5)34(46)4)38(50(60)52(65)66)13-9-26-67-44-15-8-12-37-35-16-17-36(27-35)47(37)44/h7-8,11-12,14-15,18-19,30-31,35-36,42H,6,9-10,13,16-17,20-29H2,1-5H3,(H,65,66)(H,54,61,64). The number of nitrogens with one attached hydrogen (secondary N) is 1. The molecular formula is C52H62ClN7O8. The average Bonchev–Trinajstić information content (AvgIpc) is 4.09. The zero-order chi connectivity index (χ0) is 48.2. The number of benzene rings is 3. The monoisotopic (exact) mass is 947 g/mol. The van der Waals surface area contributed by atoms with Crippen molar-refractivity contribution < 1.29 is 38.6 Å². The van der Waals surface area contributed by atoms with Crippen molar-refractivity contribution in [3.63, 3.8) is 0 Å². The van der Waals surface area contributed by atoms with Crippen LogP contribution in [0.15, 0.2) is 48.5 Å². The first kappa shape index (κ1) is 48.3. The highest BCUT2D eigenvalue weighted by molar-refractivity contribution is 6.35. The molecule has 2 N–H and O–H groups in total. The molecule has 0 spiro atoms. The number of fused-ring (bicyclic) bond motifs is 6. The first-order valence-corrected chi connectivity index (χ1v) is 24.2. The van der Waals surface area contributed by atoms with Gasteiger partial charge >= 0.3 is 5.97 Å². The van der Waals surface area contributed by atoms with Crippen molar-refractivity contribution in [3.8, 4) is 22.6 Å². The second-order valence-electron chi connectivity index (χ2n) is 18.5. The number of amides is 4. The number of carbonyl (C=O) groups excluding carboxylic acids is 4. The van der Waals surface area contributed by atoms with E-state index < -0.39 is 17.9 Å². The lowest BCUT2D eigenvalue weighted by Crippen LogP contribution is -2.50. The Hall–Kier alpha value is -6.19. The molecule has 68 heavy (non-hydrogen) atoms. The summed E-state index contributed by atoms with van der Waals surface area (Å²) in [6.07, 6.45) is 6.67. The molecular weight excluding hydrogens is 886 g/mol. The van der Waals surface area contributed by atoms with Crippen LogP contribution in [0, 0.1) is 20.8 Å². The summed E-state index contributed by atoms with van der Waals surface area (Å²) >= 11 is 7.11. The van der Waals surface area contributed by atoms with Crippen LogP contribution in [0.25, 0.3) is 22.0 Å². The van der Waals surface area contributed by atoms with Gasteiger partial charge in [0.15, 0.2) is 6.61 Å². The Bertz CT molecular complexity index is 2720. The van der Waals surface area contributed by atoms with E-state index in [-0.39, 0.29) is 24.8 Å². The second kappa shape index (κ2) is 21.0. The number of imide groups is 1. The van der Waals surface area contributed by atoms with Crippen LogP contribution in [-0.4, -0.2) is 117 Å². The number of carbonyl (C=O) groups is 5. The quantitative estimate of drug-likeness (QED) is 0.0562. The molecule has 3 unspecified atom stereocenters. The predicted octanol–water partition coefficient (Wildman–Crippen LogP) is 7.32. The summed E-state index contributed by atoms with van der Waals surface area (Å²) in [5, 5.41) is 19.2. The zero-order valence-corrected chi connectivity index (χ0v) is 40.4. The first-order chi connectivity index (χ1) is 32.8. The Labute approximate surface area is 402 Å². The summed E-state index contributed by atoms with van der Waals surface area (Å²) in [5.41, 5.74) is 9.41. The highest BCUT2D eigenvalue weighted by atomic mass is 35.5. The third-order valence-electron chi connectivity index (χ3n) is 14.5. The van der Waals surface area contributed by atoms with E-state index in [9.17, 15) is 29.1 Å². The van der Waals surface area contributed by atoms with Gasteiger partial charge in [0.1, 0.15) is 23.2 Å². The van der Waals surface area contributed by atoms with Crippen molar-refractivity contribution in [2.75, 3.05) is 45.9 Å². The molecule has 3 aromatic carbocycles. The molecule has 1 saturated heterocycles. The van der Waals surface area contributed by atoms with E-state index in [1.807, 2.05) is 62.2 Å². The average molecular weight is 949 g/mol. The van der Waals surface area contributed by atoms with Crippen LogP contribution in [0.5, 0.6) is 11.5 Å². The highest BCUT2D eigenvalue weighted by Crippen LogP contribution is 2.55. The number of rotatable bonds is 21. The Morgan fingerprint density at radius 2 is 1.69 bits per heavy atom. The number of aryl methyl sites for hydroxylation is 4. The number of ether oxygens (including phenoxy) is 2. The van der Waals surface area contributed by atoms with Gasteiger partial charge in [-0.15, -0.1) is 0 Å². The maximum absolute atomic E-state index is 13.6. The lowest BCUT2D eigenvalue weighted by Gasteiger charge is -2.35. The number of hydrogen-bond donors (Lipinski definition) is 2. The first-order valence-electron chi connectivity index (χ1n) is 23.8. The zero-order valence-electron chi connectivity index (χ0n) is 39.7. The SMILES string of the molecule is CCCC(C(=O)NC=O)N(C=O)Cc1c(C)cccc1OCC(=O)N1CCN(CCn2c(C(=O)O)c(CCCOc3cccc4c3C3CCC4C3)c3ccc(Cl)c(-c4c(C)nn(C)c4C)c32)CC1. The van der Waals surface area contributed by atoms with Gasteiger partial charge in [0, 0.05) is 79.7 Å². The molecule has 360 valence electrons. The van der Waals surface area contributed by atoms with Crippen LogP contribution < -0.4 is 14.8 Å². The molecule has 8 rings (SSSR count). The van der Waals surface area contributed by atoms with Crippen LogP contribution in [0.2, 0.25) is 5.02 Å². The van der Waals surface area contributed by atoms with Gasteiger partial charge in [-0.1, -0.05) is 55.3 Å². The summed E-state index contributed by atoms with van der Waals surface area (Å²) in [7, 11) is 1.89. The molecule has 2 fully saturated rings. The Morgan fingerprint density at radius 1 is 0.941 bits per heavy atom. The number of aromatic carboxylic acids is 1. The lowest BCUT2D eigenvalue weighted by atomic mass is 9.91. The van der Waals surface area contributed by atoms with Crippen LogP contribution in [0.4, 0.5) is 0 Å². The van der Waals surface area contributed by atoms with E-state index in [1.54, 1.807) is 17.0 Å². The van der Waals surface area contributed by atoms with E-state index in [1.165, 1.54) is 35.3 Å². The molecule has 0 radical (unpaired) electrons. The van der Waals surface area contributed by atoms with Crippen molar-refractivity contribution in [3.05, 3.63) is 98.5 Å². The van der Waals surface area contributed by atoms with E-state index >= 15 is 0 Å². The largest absolute Gasteiger partial charge is 0.493 e. The van der Waals surface area contributed by atoms with Gasteiger partial charge in [0.05, 0.1) is 29.4 Å². The fourth-order valence-electron chi connectivity index (χ4n) is 11.0. The van der Waals surface area contributed by atoms with Gasteiger partial charge in [0.25, 0.3) is 5.91 Å². The summed E-state index contributed by atoms with van der Waals surface area (Å²) in [6, 6.07) is 14.8. The Kier molecular flexibility index (Phi) is 14.9. The smallest absolute Gasteiger partial charge is 0.352 e. The van der Waals surface area contributed by atoms with E-state index in [2.05, 4.69) is 28.4 Å². The van der Waals surface area contributed by atoms with Crippen LogP contribution in [-0.2, 0) is 45.7 Å². The second-order valence-corrected chi connectivity index (χ2v) is 18.9. The number of carboxylic acid groups (broad SMARTS) is 1. The van der Waals surface area contributed by atoms with E-state index in [4.69, 9.17) is 26.2 Å². The molecule has 5 aromatic rings. The van der Waals surface area contributed by atoms with Gasteiger partial charge in [-0.3, -0.25) is 34.1 Å². The number of halogens is 1. The molecule has 3 atom stereocenters.